The lowest BCUT2D eigenvalue weighted by Gasteiger charge is -2.16. The molecule has 2 aromatic rings. The summed E-state index contributed by atoms with van der Waals surface area (Å²) in [5, 5.41) is 0. The minimum absolute atomic E-state index is 0.587. The van der Waals surface area contributed by atoms with Gasteiger partial charge in [-0.3, -0.25) is 5.73 Å². The van der Waals surface area contributed by atoms with Crippen molar-refractivity contribution < 1.29 is 4.57 Å². The Labute approximate surface area is 113 Å². The molecule has 0 unspecified atom stereocenters. The zero-order valence-electron chi connectivity index (χ0n) is 11.2. The van der Waals surface area contributed by atoms with E-state index in [9.17, 15) is 0 Å². The molecule has 0 saturated carbocycles. The van der Waals surface area contributed by atoms with Gasteiger partial charge in [-0.2, -0.15) is 0 Å². The number of hydrogen-bond acceptors (Lipinski definition) is 3. The quantitative estimate of drug-likeness (QED) is 0.854. The van der Waals surface area contributed by atoms with Crippen molar-refractivity contribution in [3.63, 3.8) is 0 Å². The van der Waals surface area contributed by atoms with Gasteiger partial charge in [0.05, 0.1) is 12.7 Å². The van der Waals surface area contributed by atoms with Gasteiger partial charge in [0.15, 0.2) is 0 Å². The van der Waals surface area contributed by atoms with Crippen molar-refractivity contribution >= 4 is 17.5 Å². The summed E-state index contributed by atoms with van der Waals surface area (Å²) in [6.45, 7) is 4.02. The molecule has 1 aromatic carbocycles. The Morgan fingerprint density at radius 2 is 2.16 bits per heavy atom. The van der Waals surface area contributed by atoms with Crippen LogP contribution in [0.15, 0.2) is 36.5 Å². The standard InChI is InChI=1S/C15H18N4/c1-2-9-18-10-8-14(17-15(18)16)19-11-7-12-5-3-4-6-13(12)19/h3-6,8,10,16H,2,7,9,11H2,1H3/p+1. The summed E-state index contributed by atoms with van der Waals surface area (Å²) >= 11 is 0. The molecule has 0 bridgehead atoms. The summed E-state index contributed by atoms with van der Waals surface area (Å²) in [4.78, 5) is 6.78. The number of nitrogens with two attached hydrogens (primary N) is 1. The molecule has 1 aromatic heterocycles. The first kappa shape index (κ1) is 12.0. The second-order valence-corrected chi connectivity index (χ2v) is 4.87. The van der Waals surface area contributed by atoms with Gasteiger partial charge in [-0.25, -0.2) is 4.57 Å². The fourth-order valence-electron chi connectivity index (χ4n) is 2.61. The van der Waals surface area contributed by atoms with E-state index in [1.54, 1.807) is 0 Å². The van der Waals surface area contributed by atoms with Crippen LogP contribution in [0.3, 0.4) is 0 Å². The highest BCUT2D eigenvalue weighted by molar-refractivity contribution is 5.67. The Bertz CT molecular complexity index is 594. The minimum Gasteiger partial charge on any atom is -0.312 e. The molecule has 4 nitrogen and oxygen atoms in total. The monoisotopic (exact) mass is 255 g/mol. The topological polar surface area (TPSA) is 46.0 Å². The van der Waals surface area contributed by atoms with E-state index in [1.165, 1.54) is 11.3 Å². The maximum atomic E-state index is 6.02. The fourth-order valence-corrected chi connectivity index (χ4v) is 2.61. The summed E-state index contributed by atoms with van der Waals surface area (Å²) in [6, 6.07) is 10.5. The predicted molar refractivity (Wildman–Crippen MR) is 76.3 cm³/mol. The molecular formula is C15H19N4+. The molecule has 0 fully saturated rings. The van der Waals surface area contributed by atoms with Crippen molar-refractivity contribution in [3.8, 4) is 0 Å². The maximum Gasteiger partial charge on any atom is 0.391 e. The third kappa shape index (κ3) is 2.14. The highest BCUT2D eigenvalue weighted by atomic mass is 15.2. The maximum absolute atomic E-state index is 6.02. The summed E-state index contributed by atoms with van der Waals surface area (Å²) in [7, 11) is 0. The number of para-hydroxylation sites is 1. The van der Waals surface area contributed by atoms with E-state index in [-0.39, 0.29) is 0 Å². The Morgan fingerprint density at radius 1 is 1.32 bits per heavy atom. The van der Waals surface area contributed by atoms with E-state index in [4.69, 9.17) is 5.73 Å². The van der Waals surface area contributed by atoms with Crippen LogP contribution in [0.5, 0.6) is 0 Å². The lowest BCUT2D eigenvalue weighted by atomic mass is 10.2. The minimum atomic E-state index is 0.587. The molecule has 1 aliphatic rings. The molecule has 0 spiro atoms. The van der Waals surface area contributed by atoms with E-state index in [0.29, 0.717) is 5.95 Å². The lowest BCUT2D eigenvalue weighted by molar-refractivity contribution is -0.685. The molecule has 1 aliphatic heterocycles. The molecule has 4 heteroatoms. The van der Waals surface area contributed by atoms with Crippen molar-refractivity contribution in [2.24, 2.45) is 0 Å². The van der Waals surface area contributed by atoms with Crippen molar-refractivity contribution in [1.29, 1.82) is 0 Å². The fraction of sp³-hybridized carbons (Fsp3) is 0.333. The van der Waals surface area contributed by atoms with Crippen LogP contribution in [0.4, 0.5) is 17.5 Å². The summed E-state index contributed by atoms with van der Waals surface area (Å²) < 4.78 is 1.99. The Kier molecular flexibility index (Phi) is 3.07. The van der Waals surface area contributed by atoms with Gasteiger partial charge in [0.2, 0.25) is 5.82 Å². The van der Waals surface area contributed by atoms with Gasteiger partial charge >= 0.3 is 5.95 Å². The molecule has 0 saturated heterocycles. The number of aryl methyl sites for hydroxylation is 1. The van der Waals surface area contributed by atoms with E-state index in [2.05, 4.69) is 41.1 Å². The van der Waals surface area contributed by atoms with E-state index >= 15 is 0 Å². The molecular weight excluding hydrogens is 236 g/mol. The van der Waals surface area contributed by atoms with Crippen LogP contribution in [-0.4, -0.2) is 11.5 Å². The molecule has 0 aliphatic carbocycles. The van der Waals surface area contributed by atoms with Crippen LogP contribution in [0, 0.1) is 0 Å². The number of benzene rings is 1. The summed E-state index contributed by atoms with van der Waals surface area (Å²) in [5.41, 5.74) is 8.66. The van der Waals surface area contributed by atoms with Crippen LogP contribution >= 0.6 is 0 Å². The Morgan fingerprint density at radius 3 is 2.95 bits per heavy atom. The number of hydrogen-bond donors (Lipinski definition) is 1. The van der Waals surface area contributed by atoms with Gasteiger partial charge in [0.25, 0.3) is 0 Å². The first-order chi connectivity index (χ1) is 9.29. The number of aromatic nitrogens is 2. The number of rotatable bonds is 3. The van der Waals surface area contributed by atoms with Gasteiger partial charge in [0, 0.05) is 18.3 Å². The van der Waals surface area contributed by atoms with Crippen molar-refractivity contribution in [2.45, 2.75) is 26.3 Å². The number of nitrogens with zero attached hydrogens (tertiary/aromatic N) is 3. The van der Waals surface area contributed by atoms with Crippen LogP contribution in [0.2, 0.25) is 0 Å². The lowest BCUT2D eigenvalue weighted by Crippen LogP contribution is -2.38. The van der Waals surface area contributed by atoms with Gasteiger partial charge in [-0.05, 0) is 24.5 Å². The van der Waals surface area contributed by atoms with Gasteiger partial charge < -0.3 is 4.90 Å². The molecule has 2 N–H and O–H groups in total. The smallest absolute Gasteiger partial charge is 0.312 e. The predicted octanol–water partition coefficient (Wildman–Crippen LogP) is 2.06. The molecule has 2 heterocycles. The van der Waals surface area contributed by atoms with Gasteiger partial charge in [-0.15, -0.1) is 0 Å². The number of anilines is 3. The van der Waals surface area contributed by atoms with Crippen LogP contribution in [0.1, 0.15) is 18.9 Å². The second-order valence-electron chi connectivity index (χ2n) is 4.87. The number of fused-ring (bicyclic) bond motifs is 1. The van der Waals surface area contributed by atoms with Crippen molar-refractivity contribution in [3.05, 3.63) is 42.1 Å². The molecule has 19 heavy (non-hydrogen) atoms. The van der Waals surface area contributed by atoms with E-state index in [1.807, 2.05) is 16.8 Å². The molecule has 0 amide bonds. The van der Waals surface area contributed by atoms with Gasteiger partial charge in [0.1, 0.15) is 0 Å². The zero-order chi connectivity index (χ0) is 13.2. The SMILES string of the molecule is CCC[n+]1ccc(N2CCc3ccccc32)nc1N. The highest BCUT2D eigenvalue weighted by Crippen LogP contribution is 2.32. The van der Waals surface area contributed by atoms with E-state index in [0.717, 1.165) is 31.7 Å². The van der Waals surface area contributed by atoms with E-state index < -0.39 is 0 Å². The zero-order valence-corrected chi connectivity index (χ0v) is 11.2. The average Bonchev–Trinajstić information content (AvgIpc) is 2.85. The second kappa shape index (κ2) is 4.88. The molecule has 0 atom stereocenters. The number of nitrogen functional groups attached to an aromatic ring is 1. The first-order valence-corrected chi connectivity index (χ1v) is 6.81. The first-order valence-electron chi connectivity index (χ1n) is 6.81. The molecule has 0 radical (unpaired) electrons. The van der Waals surface area contributed by atoms with Crippen LogP contribution in [-0.2, 0) is 13.0 Å². The highest BCUT2D eigenvalue weighted by Gasteiger charge is 2.23. The van der Waals surface area contributed by atoms with Crippen LogP contribution in [0.25, 0.3) is 0 Å². The Hall–Kier alpha value is -2.10. The van der Waals surface area contributed by atoms with Crippen molar-refractivity contribution in [1.82, 2.24) is 4.98 Å². The molecule has 3 rings (SSSR count). The third-order valence-electron chi connectivity index (χ3n) is 3.56. The molecule has 98 valence electrons. The summed E-state index contributed by atoms with van der Waals surface area (Å²) in [5.74, 6) is 1.53. The van der Waals surface area contributed by atoms with Crippen molar-refractivity contribution in [2.75, 3.05) is 17.2 Å². The normalized spacial score (nSPS) is 13.6. The summed E-state index contributed by atoms with van der Waals surface area (Å²) in [6.07, 6.45) is 4.16. The Balaban J connectivity index is 1.94. The van der Waals surface area contributed by atoms with Crippen LogP contribution < -0.4 is 15.2 Å². The van der Waals surface area contributed by atoms with Gasteiger partial charge in [-0.1, -0.05) is 30.1 Å². The third-order valence-corrected chi connectivity index (χ3v) is 3.56. The average molecular weight is 255 g/mol. The largest absolute Gasteiger partial charge is 0.391 e.